The van der Waals surface area contributed by atoms with E-state index in [1.54, 1.807) is 24.3 Å². The monoisotopic (exact) mass is 600 g/mol. The highest BCUT2D eigenvalue weighted by Gasteiger charge is 2.20. The van der Waals surface area contributed by atoms with Gasteiger partial charge in [-0.2, -0.15) is 0 Å². The van der Waals surface area contributed by atoms with Crippen LogP contribution in [0.1, 0.15) is 11.1 Å². The summed E-state index contributed by atoms with van der Waals surface area (Å²) in [6, 6.07) is 11.6. The van der Waals surface area contributed by atoms with Gasteiger partial charge in [-0.15, -0.1) is 0 Å². The minimum atomic E-state index is -4.27. The van der Waals surface area contributed by atoms with Crippen molar-refractivity contribution in [2.24, 2.45) is 0 Å². The number of piperazine rings is 1. The molecule has 12 heteroatoms. The van der Waals surface area contributed by atoms with E-state index in [2.05, 4.69) is 52.1 Å². The molecule has 0 spiro atoms. The molecule has 3 rings (SSSR count). The van der Waals surface area contributed by atoms with Crippen LogP contribution in [0.15, 0.2) is 58.3 Å². The molecule has 0 aromatic heterocycles. The maximum atomic E-state index is 10.4. The van der Waals surface area contributed by atoms with Crippen molar-refractivity contribution < 1.29 is 34.9 Å². The quantitative estimate of drug-likeness (QED) is 0.332. The van der Waals surface area contributed by atoms with Crippen LogP contribution in [0.25, 0.3) is 0 Å². The van der Waals surface area contributed by atoms with Crippen molar-refractivity contribution in [3.8, 4) is 0 Å². The molecule has 1 heterocycles. The molecule has 228 valence electrons. The third-order valence-electron chi connectivity index (χ3n) is 6.26. The maximum absolute atomic E-state index is 10.4. The molecular formula is C28H48N4O6S2. The Morgan fingerprint density at radius 3 is 1.02 bits per heavy atom. The predicted octanol–water partition coefficient (Wildman–Crippen LogP) is 1.81. The molecule has 1 aliphatic rings. The molecule has 2 aromatic rings. The van der Waals surface area contributed by atoms with Crippen LogP contribution in [-0.2, 0) is 20.2 Å². The second-order valence-electron chi connectivity index (χ2n) is 12.2. The lowest BCUT2D eigenvalue weighted by atomic mass is 10.2. The van der Waals surface area contributed by atoms with Crippen LogP contribution in [0.2, 0.25) is 0 Å². The predicted molar refractivity (Wildman–Crippen MR) is 157 cm³/mol. The normalized spacial score (nSPS) is 15.4. The molecule has 0 N–H and O–H groups in total. The van der Waals surface area contributed by atoms with Gasteiger partial charge in [0.05, 0.1) is 65.2 Å². The van der Waals surface area contributed by atoms with Gasteiger partial charge in [-0.1, -0.05) is 35.4 Å². The van der Waals surface area contributed by atoms with E-state index in [4.69, 9.17) is 0 Å². The number of hydrogen-bond donors (Lipinski definition) is 0. The van der Waals surface area contributed by atoms with Crippen LogP contribution in [-0.4, -0.2) is 139 Å². The summed E-state index contributed by atoms with van der Waals surface area (Å²) in [6.07, 6.45) is 0. The first-order valence-corrected chi connectivity index (χ1v) is 16.1. The minimum absolute atomic E-state index is 0.178. The molecule has 0 saturated carbocycles. The zero-order valence-corrected chi connectivity index (χ0v) is 27.0. The average Bonchev–Trinajstić information content (AvgIpc) is 2.81. The molecule has 2 aromatic carbocycles. The van der Waals surface area contributed by atoms with Crippen LogP contribution in [0.3, 0.4) is 0 Å². The molecule has 10 nitrogen and oxygen atoms in total. The minimum Gasteiger partial charge on any atom is -0.744 e. The Labute approximate surface area is 242 Å². The summed E-state index contributed by atoms with van der Waals surface area (Å²) in [5.41, 5.74) is 1.86. The van der Waals surface area contributed by atoms with Crippen molar-refractivity contribution >= 4 is 20.2 Å². The van der Waals surface area contributed by atoms with E-state index in [1.165, 1.54) is 76.6 Å². The fraction of sp³-hybridized carbons (Fsp3) is 0.571. The fourth-order valence-corrected chi connectivity index (χ4v) is 4.47. The number of quaternary nitrogens is 2. The lowest BCUT2D eigenvalue weighted by Gasteiger charge is -2.37. The molecule has 0 atom stereocenters. The highest BCUT2D eigenvalue weighted by atomic mass is 32.2. The Bertz CT molecular complexity index is 1130. The molecule has 1 aliphatic heterocycles. The zero-order valence-electron chi connectivity index (χ0n) is 25.3. The molecule has 0 unspecified atom stereocenters. The number of likely N-dealkylation sites (N-methyl/N-ethyl adjacent to an activating group) is 2. The second-order valence-corrected chi connectivity index (χ2v) is 15.0. The summed E-state index contributed by atoms with van der Waals surface area (Å²) in [7, 11) is 5.11. The van der Waals surface area contributed by atoms with E-state index < -0.39 is 20.2 Å². The Hall–Kier alpha value is -1.90. The van der Waals surface area contributed by atoms with Gasteiger partial charge in [0.25, 0.3) is 0 Å². The summed E-state index contributed by atoms with van der Waals surface area (Å²) in [5, 5.41) is 0. The van der Waals surface area contributed by atoms with E-state index >= 15 is 0 Å². The van der Waals surface area contributed by atoms with E-state index in [0.29, 0.717) is 0 Å². The standard InChI is InChI=1S/C14H34N4.2C7H8O3S/c1-17(2,3)13-11-15-7-9-16(10-8-15)12-14-18(4,5)6;2*1-6-2-4-7(5-3-6)11(8,9)10/h7-14H2,1-6H3;2*2-5H,1H3,(H,8,9,10)/q+2;;/p-2. The van der Waals surface area contributed by atoms with E-state index in [9.17, 15) is 25.9 Å². The van der Waals surface area contributed by atoms with Gasteiger partial charge in [-0.05, 0) is 38.1 Å². The van der Waals surface area contributed by atoms with Crippen LogP contribution >= 0.6 is 0 Å². The van der Waals surface area contributed by atoms with Crippen molar-refractivity contribution in [3.63, 3.8) is 0 Å². The molecule has 0 radical (unpaired) electrons. The summed E-state index contributed by atoms with van der Waals surface area (Å²) in [6.45, 7) is 13.6. The summed E-state index contributed by atoms with van der Waals surface area (Å²) >= 11 is 0. The molecule has 0 bridgehead atoms. The first-order chi connectivity index (χ1) is 18.2. The molecular weight excluding hydrogens is 552 g/mol. The summed E-state index contributed by atoms with van der Waals surface area (Å²) < 4.78 is 64.5. The van der Waals surface area contributed by atoms with Crippen molar-refractivity contribution in [2.45, 2.75) is 23.6 Å². The van der Waals surface area contributed by atoms with Crippen LogP contribution in [0.5, 0.6) is 0 Å². The Balaban J connectivity index is 0.000000315. The first kappa shape index (κ1) is 36.1. The molecule has 0 aliphatic carbocycles. The van der Waals surface area contributed by atoms with Crippen molar-refractivity contribution in [2.75, 3.05) is 94.6 Å². The van der Waals surface area contributed by atoms with Gasteiger partial charge in [0.15, 0.2) is 0 Å². The zero-order chi connectivity index (χ0) is 30.8. The molecule has 1 saturated heterocycles. The van der Waals surface area contributed by atoms with E-state index in [1.807, 2.05) is 13.8 Å². The van der Waals surface area contributed by atoms with Gasteiger partial charge in [-0.3, -0.25) is 9.80 Å². The third kappa shape index (κ3) is 16.4. The van der Waals surface area contributed by atoms with Gasteiger partial charge in [0.1, 0.15) is 20.2 Å². The lowest BCUT2D eigenvalue weighted by molar-refractivity contribution is -0.870. The largest absolute Gasteiger partial charge is 0.744 e. The third-order valence-corrected chi connectivity index (χ3v) is 7.96. The summed E-state index contributed by atoms with van der Waals surface area (Å²) in [4.78, 5) is 4.88. The average molecular weight is 601 g/mol. The van der Waals surface area contributed by atoms with Gasteiger partial charge in [0.2, 0.25) is 0 Å². The van der Waals surface area contributed by atoms with Crippen molar-refractivity contribution in [3.05, 3.63) is 59.7 Å². The number of rotatable bonds is 8. The number of hydrogen-bond acceptors (Lipinski definition) is 8. The highest BCUT2D eigenvalue weighted by Crippen LogP contribution is 2.09. The number of aryl methyl sites for hydroxylation is 2. The van der Waals surface area contributed by atoms with Gasteiger partial charge in [0, 0.05) is 39.3 Å². The van der Waals surface area contributed by atoms with Crippen LogP contribution in [0.4, 0.5) is 0 Å². The van der Waals surface area contributed by atoms with Crippen molar-refractivity contribution in [1.82, 2.24) is 9.80 Å². The van der Waals surface area contributed by atoms with Crippen molar-refractivity contribution in [1.29, 1.82) is 0 Å². The lowest BCUT2D eigenvalue weighted by Crippen LogP contribution is -2.52. The first-order valence-electron chi connectivity index (χ1n) is 13.3. The Morgan fingerprint density at radius 1 is 0.575 bits per heavy atom. The highest BCUT2D eigenvalue weighted by molar-refractivity contribution is 7.86. The number of nitrogens with zero attached hydrogens (tertiary/aromatic N) is 4. The smallest absolute Gasteiger partial charge is 0.124 e. The van der Waals surface area contributed by atoms with Gasteiger partial charge >= 0.3 is 0 Å². The SMILES string of the molecule is C[N+](C)(C)CCN1CCN(CC[N+](C)(C)C)CC1.Cc1ccc(S(=O)(=O)[O-])cc1.Cc1ccc(S(=O)(=O)[O-])cc1. The van der Waals surface area contributed by atoms with Gasteiger partial charge in [-0.25, -0.2) is 16.8 Å². The summed E-state index contributed by atoms with van der Waals surface area (Å²) in [5.74, 6) is 0. The fourth-order valence-electron chi connectivity index (χ4n) is 3.53. The molecule has 1 fully saturated rings. The second kappa shape index (κ2) is 15.4. The molecule has 40 heavy (non-hydrogen) atoms. The van der Waals surface area contributed by atoms with E-state index in [0.717, 1.165) is 20.1 Å². The Kier molecular flexibility index (Phi) is 13.9. The number of benzene rings is 2. The van der Waals surface area contributed by atoms with E-state index in [-0.39, 0.29) is 9.79 Å². The molecule has 0 amide bonds. The van der Waals surface area contributed by atoms with Crippen LogP contribution < -0.4 is 0 Å². The Morgan fingerprint density at radius 2 is 0.825 bits per heavy atom. The van der Waals surface area contributed by atoms with Gasteiger partial charge < -0.3 is 18.1 Å². The topological polar surface area (TPSA) is 121 Å². The van der Waals surface area contributed by atoms with Crippen LogP contribution in [0, 0.1) is 13.8 Å². The maximum Gasteiger partial charge on any atom is 0.124 e.